The maximum Gasteiger partial charge on any atom is 0.273 e. The maximum atomic E-state index is 13.1. The highest BCUT2D eigenvalue weighted by molar-refractivity contribution is 7.15. The van der Waals surface area contributed by atoms with Crippen LogP contribution in [0.1, 0.15) is 35.8 Å². The minimum atomic E-state index is -0.289. The second-order valence-electron chi connectivity index (χ2n) is 6.64. The number of imidazole rings is 1. The average Bonchev–Trinajstić information content (AvgIpc) is 3.23. The van der Waals surface area contributed by atoms with Gasteiger partial charge < -0.3 is 5.32 Å². The number of nitrogens with zero attached hydrogens (tertiary/aromatic N) is 2. The highest BCUT2D eigenvalue weighted by atomic mass is 32.1. The fraction of sp³-hybridized carbons (Fsp3) is 0.143. The summed E-state index contributed by atoms with van der Waals surface area (Å²) in [7, 11) is 0. The summed E-state index contributed by atoms with van der Waals surface area (Å²) in [5.74, 6) is -0.0352. The van der Waals surface area contributed by atoms with E-state index in [1.54, 1.807) is 28.1 Å². The van der Waals surface area contributed by atoms with Crippen molar-refractivity contribution >= 4 is 27.9 Å². The van der Waals surface area contributed by atoms with E-state index in [1.165, 1.54) is 29.0 Å². The quantitative estimate of drug-likeness (QED) is 0.503. The number of nitrogens with one attached hydrogen (secondary N) is 1. The Morgan fingerprint density at radius 1 is 1.11 bits per heavy atom. The van der Waals surface area contributed by atoms with Crippen LogP contribution in [0.15, 0.2) is 60.1 Å². The molecule has 0 saturated heterocycles. The molecule has 2 aromatic heterocycles. The molecule has 0 atom stereocenters. The zero-order chi connectivity index (χ0) is 19.0. The molecule has 0 unspecified atom stereocenters. The number of fused-ring (bicyclic) bond motifs is 1. The van der Waals surface area contributed by atoms with E-state index < -0.39 is 0 Å². The van der Waals surface area contributed by atoms with E-state index in [9.17, 15) is 9.18 Å². The smallest absolute Gasteiger partial charge is 0.273 e. The van der Waals surface area contributed by atoms with E-state index in [-0.39, 0.29) is 11.7 Å². The second-order valence-corrected chi connectivity index (χ2v) is 7.47. The lowest BCUT2D eigenvalue weighted by Gasteiger charge is -2.08. The lowest BCUT2D eigenvalue weighted by Crippen LogP contribution is -2.13. The molecule has 6 heteroatoms. The summed E-state index contributed by atoms with van der Waals surface area (Å²) in [6.07, 6.45) is 1.80. The van der Waals surface area contributed by atoms with Crippen molar-refractivity contribution in [2.75, 3.05) is 5.32 Å². The molecule has 1 amide bonds. The average molecular weight is 379 g/mol. The van der Waals surface area contributed by atoms with E-state index in [0.29, 0.717) is 17.3 Å². The number of amides is 1. The molecule has 0 bridgehead atoms. The zero-order valence-corrected chi connectivity index (χ0v) is 15.8. The first kappa shape index (κ1) is 17.4. The molecule has 1 N–H and O–H groups in total. The third-order valence-electron chi connectivity index (χ3n) is 4.42. The SMILES string of the molecule is CC(C)c1ccc(NC(=O)c2csc3nc(-c4ccc(F)cc4)cn23)cc1. The van der Waals surface area contributed by atoms with Gasteiger partial charge in [-0.15, -0.1) is 11.3 Å². The van der Waals surface area contributed by atoms with Crippen molar-refractivity contribution in [2.45, 2.75) is 19.8 Å². The Balaban J connectivity index is 1.59. The van der Waals surface area contributed by atoms with Crippen molar-refractivity contribution in [1.29, 1.82) is 0 Å². The summed E-state index contributed by atoms with van der Waals surface area (Å²) >= 11 is 1.39. The van der Waals surface area contributed by atoms with Crippen LogP contribution < -0.4 is 5.32 Å². The van der Waals surface area contributed by atoms with Gasteiger partial charge in [0.25, 0.3) is 5.91 Å². The van der Waals surface area contributed by atoms with Crippen LogP contribution in [0.2, 0.25) is 0 Å². The van der Waals surface area contributed by atoms with Crippen LogP contribution in [0.3, 0.4) is 0 Å². The normalized spacial score (nSPS) is 11.3. The number of thiazole rings is 1. The summed E-state index contributed by atoms with van der Waals surface area (Å²) < 4.78 is 14.9. The number of hydrogen-bond acceptors (Lipinski definition) is 3. The topological polar surface area (TPSA) is 46.4 Å². The maximum absolute atomic E-state index is 13.1. The number of anilines is 1. The molecule has 0 spiro atoms. The van der Waals surface area contributed by atoms with Crippen LogP contribution in [-0.2, 0) is 0 Å². The molecule has 0 fully saturated rings. The van der Waals surface area contributed by atoms with Crippen LogP contribution in [0.25, 0.3) is 16.2 Å². The van der Waals surface area contributed by atoms with Crippen molar-refractivity contribution in [2.24, 2.45) is 0 Å². The molecule has 0 aliphatic rings. The minimum Gasteiger partial charge on any atom is -0.321 e. The van der Waals surface area contributed by atoms with E-state index in [1.807, 2.05) is 24.3 Å². The van der Waals surface area contributed by atoms with Crippen molar-refractivity contribution in [1.82, 2.24) is 9.38 Å². The Bertz CT molecular complexity index is 1090. The van der Waals surface area contributed by atoms with Crippen molar-refractivity contribution in [3.63, 3.8) is 0 Å². The number of halogens is 1. The highest BCUT2D eigenvalue weighted by Gasteiger charge is 2.15. The fourth-order valence-electron chi connectivity index (χ4n) is 2.85. The van der Waals surface area contributed by atoms with Crippen molar-refractivity contribution in [3.05, 3.63) is 77.2 Å². The number of rotatable bonds is 4. The van der Waals surface area contributed by atoms with Gasteiger partial charge in [-0.3, -0.25) is 9.20 Å². The molecule has 0 aliphatic carbocycles. The monoisotopic (exact) mass is 379 g/mol. The van der Waals surface area contributed by atoms with E-state index in [0.717, 1.165) is 16.2 Å². The Morgan fingerprint density at radius 2 is 1.81 bits per heavy atom. The van der Waals surface area contributed by atoms with Crippen LogP contribution in [0.4, 0.5) is 10.1 Å². The molecule has 4 rings (SSSR count). The molecule has 4 aromatic rings. The van der Waals surface area contributed by atoms with Gasteiger partial charge in [-0.1, -0.05) is 26.0 Å². The summed E-state index contributed by atoms with van der Waals surface area (Å²) in [5.41, 5.74) is 4.01. The van der Waals surface area contributed by atoms with Gasteiger partial charge in [0.05, 0.1) is 5.69 Å². The molecule has 4 nitrogen and oxygen atoms in total. The molecule has 0 aliphatic heterocycles. The molecule has 0 radical (unpaired) electrons. The van der Waals surface area contributed by atoms with Crippen molar-refractivity contribution in [3.8, 4) is 11.3 Å². The Morgan fingerprint density at radius 3 is 2.48 bits per heavy atom. The number of carbonyl (C=O) groups excluding carboxylic acids is 1. The van der Waals surface area contributed by atoms with Gasteiger partial charge in [0.1, 0.15) is 11.5 Å². The van der Waals surface area contributed by atoms with Crippen LogP contribution in [-0.4, -0.2) is 15.3 Å². The highest BCUT2D eigenvalue weighted by Crippen LogP contribution is 2.25. The Kier molecular flexibility index (Phi) is 4.49. The summed E-state index contributed by atoms with van der Waals surface area (Å²) in [5, 5.41) is 4.71. The lowest BCUT2D eigenvalue weighted by atomic mass is 10.0. The molecule has 136 valence electrons. The number of hydrogen-bond donors (Lipinski definition) is 1. The third kappa shape index (κ3) is 3.48. The van der Waals surface area contributed by atoms with E-state index in [4.69, 9.17) is 0 Å². The summed E-state index contributed by atoms with van der Waals surface area (Å²) in [6, 6.07) is 14.0. The van der Waals surface area contributed by atoms with Crippen LogP contribution >= 0.6 is 11.3 Å². The fourth-order valence-corrected chi connectivity index (χ4v) is 3.71. The Hall–Kier alpha value is -2.99. The standard InChI is InChI=1S/C21H18FN3OS/c1-13(2)14-5-9-17(10-6-14)23-20(26)19-12-27-21-24-18(11-25(19)21)15-3-7-16(22)8-4-15/h3-13H,1-2H3,(H,23,26). The molecular formula is C21H18FN3OS. The van der Waals surface area contributed by atoms with Gasteiger partial charge in [0.2, 0.25) is 0 Å². The zero-order valence-electron chi connectivity index (χ0n) is 14.9. The number of aromatic nitrogens is 2. The molecule has 0 saturated carbocycles. The summed E-state index contributed by atoms with van der Waals surface area (Å²) in [6.45, 7) is 4.26. The first-order valence-electron chi connectivity index (χ1n) is 8.65. The molecule has 2 aromatic carbocycles. The van der Waals surface area contributed by atoms with Gasteiger partial charge >= 0.3 is 0 Å². The van der Waals surface area contributed by atoms with Gasteiger partial charge in [0.15, 0.2) is 4.96 Å². The van der Waals surface area contributed by atoms with Crippen molar-refractivity contribution < 1.29 is 9.18 Å². The van der Waals surface area contributed by atoms with Gasteiger partial charge in [-0.25, -0.2) is 9.37 Å². The molecule has 2 heterocycles. The second kappa shape index (κ2) is 6.96. The van der Waals surface area contributed by atoms with Gasteiger partial charge in [-0.2, -0.15) is 0 Å². The third-order valence-corrected chi connectivity index (χ3v) is 5.26. The largest absolute Gasteiger partial charge is 0.321 e. The summed E-state index contributed by atoms with van der Waals surface area (Å²) in [4.78, 5) is 17.9. The predicted molar refractivity (Wildman–Crippen MR) is 107 cm³/mol. The number of carbonyl (C=O) groups is 1. The molecular weight excluding hydrogens is 361 g/mol. The first-order valence-corrected chi connectivity index (χ1v) is 9.53. The lowest BCUT2D eigenvalue weighted by molar-refractivity contribution is 0.102. The minimum absolute atomic E-state index is 0.193. The molecule has 27 heavy (non-hydrogen) atoms. The first-order chi connectivity index (χ1) is 13.0. The Labute approximate surface area is 160 Å². The predicted octanol–water partition coefficient (Wildman–Crippen LogP) is 5.58. The van der Waals surface area contributed by atoms with Gasteiger partial charge in [0, 0.05) is 22.8 Å². The van der Waals surface area contributed by atoms with Crippen LogP contribution in [0, 0.1) is 5.82 Å². The van der Waals surface area contributed by atoms with Gasteiger partial charge in [-0.05, 0) is 47.9 Å². The van der Waals surface area contributed by atoms with E-state index >= 15 is 0 Å². The van der Waals surface area contributed by atoms with E-state index in [2.05, 4.69) is 24.1 Å². The number of benzene rings is 2. The van der Waals surface area contributed by atoms with Crippen LogP contribution in [0.5, 0.6) is 0 Å².